The molecule has 0 saturated heterocycles. The molecule has 1 N–H and O–H groups in total. The molecule has 0 aliphatic carbocycles. The maximum absolute atomic E-state index is 13.6. The van der Waals surface area contributed by atoms with Crippen LogP contribution >= 0.6 is 0 Å². The average molecular weight is 314 g/mol. The van der Waals surface area contributed by atoms with Crippen LogP contribution in [0.4, 0.5) is 17.6 Å². The number of halogens is 4. The fourth-order valence-electron chi connectivity index (χ4n) is 1.83. The van der Waals surface area contributed by atoms with Crippen LogP contribution < -0.4 is 4.74 Å². The number of hydrogen-bond donors (Lipinski definition) is 1. The van der Waals surface area contributed by atoms with Gasteiger partial charge < -0.3 is 9.84 Å². The number of carboxylic acid groups (broad SMARTS) is 1. The summed E-state index contributed by atoms with van der Waals surface area (Å²) in [6.45, 7) is -0.487. The minimum Gasteiger partial charge on any atom is -0.486 e. The molecule has 7 heteroatoms. The molecular weight excluding hydrogens is 304 g/mol. The third-order valence-electron chi connectivity index (χ3n) is 2.88. The molecule has 0 bridgehead atoms. The zero-order valence-electron chi connectivity index (χ0n) is 11.0. The number of benzene rings is 2. The van der Waals surface area contributed by atoms with Gasteiger partial charge in [0.15, 0.2) is 11.6 Å². The van der Waals surface area contributed by atoms with Gasteiger partial charge in [0.25, 0.3) is 0 Å². The third-order valence-corrected chi connectivity index (χ3v) is 2.88. The maximum atomic E-state index is 13.6. The van der Waals surface area contributed by atoms with E-state index < -0.39 is 30.1 Å². The summed E-state index contributed by atoms with van der Waals surface area (Å²) in [4.78, 5) is 10.7. The molecule has 3 nitrogen and oxygen atoms in total. The first-order valence-electron chi connectivity index (χ1n) is 6.10. The van der Waals surface area contributed by atoms with Crippen molar-refractivity contribution in [3.8, 4) is 5.75 Å². The molecule has 116 valence electrons. The molecule has 2 rings (SSSR count). The topological polar surface area (TPSA) is 46.5 Å². The van der Waals surface area contributed by atoms with Gasteiger partial charge in [-0.05, 0) is 24.3 Å². The van der Waals surface area contributed by atoms with Crippen molar-refractivity contribution in [3.63, 3.8) is 0 Å². The number of ether oxygens (including phenoxy) is 1. The van der Waals surface area contributed by atoms with Gasteiger partial charge in [0.2, 0.25) is 0 Å². The van der Waals surface area contributed by atoms with E-state index in [0.717, 1.165) is 24.3 Å². The van der Waals surface area contributed by atoms with E-state index in [4.69, 9.17) is 9.84 Å². The molecule has 0 saturated carbocycles. The highest BCUT2D eigenvalue weighted by atomic mass is 19.4. The number of aromatic carboxylic acids is 1. The summed E-state index contributed by atoms with van der Waals surface area (Å²) in [7, 11) is 0. The highest BCUT2D eigenvalue weighted by molar-refractivity contribution is 5.87. The molecule has 2 aromatic rings. The van der Waals surface area contributed by atoms with Gasteiger partial charge in [-0.25, -0.2) is 9.18 Å². The van der Waals surface area contributed by atoms with Gasteiger partial charge in [-0.15, -0.1) is 0 Å². The summed E-state index contributed by atoms with van der Waals surface area (Å²) in [6, 6.07) is 7.71. The van der Waals surface area contributed by atoms with Crippen molar-refractivity contribution < 1.29 is 32.2 Å². The summed E-state index contributed by atoms with van der Waals surface area (Å²) in [6.07, 6.45) is -4.54. The van der Waals surface area contributed by atoms with Crippen LogP contribution in [-0.2, 0) is 12.8 Å². The van der Waals surface area contributed by atoms with Crippen LogP contribution in [-0.4, -0.2) is 11.1 Å². The monoisotopic (exact) mass is 314 g/mol. The molecule has 0 spiro atoms. The van der Waals surface area contributed by atoms with E-state index in [1.807, 2.05) is 0 Å². The molecule has 22 heavy (non-hydrogen) atoms. The van der Waals surface area contributed by atoms with E-state index in [0.29, 0.717) is 0 Å². The van der Waals surface area contributed by atoms with Crippen molar-refractivity contribution in [3.05, 3.63) is 65.0 Å². The van der Waals surface area contributed by atoms with E-state index >= 15 is 0 Å². The smallest absolute Gasteiger partial charge is 0.416 e. The highest BCUT2D eigenvalue weighted by Gasteiger charge is 2.33. The average Bonchev–Trinajstić information content (AvgIpc) is 2.45. The molecule has 0 heterocycles. The molecule has 0 atom stereocenters. The quantitative estimate of drug-likeness (QED) is 0.864. The fraction of sp³-hybridized carbons (Fsp3) is 0.133. The van der Waals surface area contributed by atoms with Crippen LogP contribution in [0.25, 0.3) is 0 Å². The van der Waals surface area contributed by atoms with Crippen LogP contribution in [0.2, 0.25) is 0 Å². The van der Waals surface area contributed by atoms with Gasteiger partial charge in [-0.1, -0.05) is 18.2 Å². The van der Waals surface area contributed by atoms with Crippen molar-refractivity contribution in [2.24, 2.45) is 0 Å². The van der Waals surface area contributed by atoms with Gasteiger partial charge in [0, 0.05) is 5.56 Å². The van der Waals surface area contributed by atoms with Crippen molar-refractivity contribution in [2.75, 3.05) is 0 Å². The summed E-state index contributed by atoms with van der Waals surface area (Å²) >= 11 is 0. The number of hydrogen-bond acceptors (Lipinski definition) is 2. The molecule has 0 radical (unpaired) electrons. The zero-order valence-corrected chi connectivity index (χ0v) is 11.0. The first-order valence-corrected chi connectivity index (χ1v) is 6.10. The highest BCUT2D eigenvalue weighted by Crippen LogP contribution is 2.32. The second-order valence-corrected chi connectivity index (χ2v) is 4.39. The van der Waals surface area contributed by atoms with E-state index in [1.54, 1.807) is 0 Å². The summed E-state index contributed by atoms with van der Waals surface area (Å²) in [5.74, 6) is -2.58. The lowest BCUT2D eigenvalue weighted by Gasteiger charge is -2.13. The second-order valence-electron chi connectivity index (χ2n) is 4.39. The van der Waals surface area contributed by atoms with Crippen molar-refractivity contribution in [1.29, 1.82) is 0 Å². The van der Waals surface area contributed by atoms with Gasteiger partial charge in [0.05, 0.1) is 11.1 Å². The first kappa shape index (κ1) is 15.8. The van der Waals surface area contributed by atoms with E-state index in [9.17, 15) is 22.4 Å². The Balaban J connectivity index is 2.19. The predicted octanol–water partition coefficient (Wildman–Crippen LogP) is 4.12. The van der Waals surface area contributed by atoms with E-state index in [2.05, 4.69) is 0 Å². The van der Waals surface area contributed by atoms with Crippen LogP contribution in [0.1, 0.15) is 21.5 Å². The van der Waals surface area contributed by atoms with Crippen molar-refractivity contribution in [1.82, 2.24) is 0 Å². The standard InChI is InChI=1S/C15H10F4O3/c16-12-7-9(14(20)21)5-6-13(12)22-8-10-3-1-2-4-11(10)15(17,18)19/h1-7H,8H2,(H,20,21). The van der Waals surface area contributed by atoms with E-state index in [1.165, 1.54) is 18.2 Å². The SMILES string of the molecule is O=C(O)c1ccc(OCc2ccccc2C(F)(F)F)c(F)c1. The maximum Gasteiger partial charge on any atom is 0.416 e. The minimum absolute atomic E-state index is 0.142. The summed E-state index contributed by atoms with van der Waals surface area (Å²) in [5.41, 5.74) is -1.28. The van der Waals surface area contributed by atoms with Gasteiger partial charge in [-0.3, -0.25) is 0 Å². The number of carbonyl (C=O) groups is 1. The van der Waals surface area contributed by atoms with Gasteiger partial charge in [0.1, 0.15) is 6.61 Å². The Labute approximate surface area is 122 Å². The lowest BCUT2D eigenvalue weighted by atomic mass is 10.1. The molecular formula is C15H10F4O3. The summed E-state index contributed by atoms with van der Waals surface area (Å²) in [5, 5.41) is 8.70. The van der Waals surface area contributed by atoms with Crippen molar-refractivity contribution in [2.45, 2.75) is 12.8 Å². The predicted molar refractivity (Wildman–Crippen MR) is 69.1 cm³/mol. The van der Waals surface area contributed by atoms with Crippen LogP contribution in [0, 0.1) is 5.82 Å². The number of rotatable bonds is 4. The minimum atomic E-state index is -4.54. The van der Waals surface area contributed by atoms with Crippen molar-refractivity contribution >= 4 is 5.97 Å². The molecule has 0 aliphatic rings. The molecule has 0 fully saturated rings. The fourth-order valence-corrected chi connectivity index (χ4v) is 1.83. The lowest BCUT2D eigenvalue weighted by molar-refractivity contribution is -0.138. The first-order chi connectivity index (χ1) is 10.3. The second kappa shape index (κ2) is 6.05. The third kappa shape index (κ3) is 3.55. The summed E-state index contributed by atoms with van der Waals surface area (Å²) < 4.78 is 57.1. The Morgan fingerprint density at radius 1 is 1.14 bits per heavy atom. The normalized spacial score (nSPS) is 11.3. The molecule has 0 unspecified atom stereocenters. The van der Waals surface area contributed by atoms with Crippen LogP contribution in [0.15, 0.2) is 42.5 Å². The Hall–Kier alpha value is -2.57. The number of alkyl halides is 3. The molecule has 0 aliphatic heterocycles. The Morgan fingerprint density at radius 3 is 2.41 bits per heavy atom. The van der Waals surface area contributed by atoms with Gasteiger partial charge in [-0.2, -0.15) is 13.2 Å². The van der Waals surface area contributed by atoms with E-state index in [-0.39, 0.29) is 16.9 Å². The number of carboxylic acids is 1. The van der Waals surface area contributed by atoms with Crippen LogP contribution in [0.5, 0.6) is 5.75 Å². The molecule has 2 aromatic carbocycles. The Morgan fingerprint density at radius 2 is 1.82 bits per heavy atom. The van der Waals surface area contributed by atoms with Crippen LogP contribution in [0.3, 0.4) is 0 Å². The lowest BCUT2D eigenvalue weighted by Crippen LogP contribution is -2.11. The molecule has 0 amide bonds. The largest absolute Gasteiger partial charge is 0.486 e. The van der Waals surface area contributed by atoms with Gasteiger partial charge >= 0.3 is 12.1 Å². The Bertz CT molecular complexity index is 695. The zero-order chi connectivity index (χ0) is 16.3. The Kier molecular flexibility index (Phi) is 4.35. The molecule has 0 aromatic heterocycles.